The van der Waals surface area contributed by atoms with Gasteiger partial charge in [0.15, 0.2) is 0 Å². The molecule has 1 fully saturated rings. The van der Waals surface area contributed by atoms with E-state index < -0.39 is 11.9 Å². The van der Waals surface area contributed by atoms with E-state index in [0.29, 0.717) is 22.0 Å². The van der Waals surface area contributed by atoms with Gasteiger partial charge in [0.2, 0.25) is 11.8 Å². The zero-order valence-corrected chi connectivity index (χ0v) is 23.4. The number of carbonyl (C=O) groups is 2. The van der Waals surface area contributed by atoms with Gasteiger partial charge in [-0.25, -0.2) is 4.39 Å². The maximum atomic E-state index is 14.3. The fourth-order valence-electron chi connectivity index (χ4n) is 4.73. The van der Waals surface area contributed by atoms with Gasteiger partial charge in [-0.1, -0.05) is 90.6 Å². The van der Waals surface area contributed by atoms with E-state index in [2.05, 4.69) is 5.32 Å². The van der Waals surface area contributed by atoms with E-state index in [0.717, 1.165) is 36.8 Å². The number of nitrogens with one attached hydrogen (secondary N) is 1. The third-order valence-electron chi connectivity index (χ3n) is 6.80. The second-order valence-corrected chi connectivity index (χ2v) is 11.3. The Hall–Kier alpha value is -2.54. The maximum absolute atomic E-state index is 14.3. The summed E-state index contributed by atoms with van der Waals surface area (Å²) in [4.78, 5) is 29.1. The second kappa shape index (κ2) is 14.0. The summed E-state index contributed by atoms with van der Waals surface area (Å²) in [6.45, 7) is 0.190. The largest absolute Gasteiger partial charge is 0.352 e. The number of benzene rings is 3. The highest BCUT2D eigenvalue weighted by atomic mass is 35.5. The van der Waals surface area contributed by atoms with Crippen LogP contribution in [0.25, 0.3) is 0 Å². The number of amides is 2. The molecule has 0 heterocycles. The lowest BCUT2D eigenvalue weighted by Gasteiger charge is -2.32. The smallest absolute Gasteiger partial charge is 0.243 e. The molecule has 1 unspecified atom stereocenters. The van der Waals surface area contributed by atoms with E-state index in [-0.39, 0.29) is 35.9 Å². The Morgan fingerprint density at radius 1 is 0.947 bits per heavy atom. The number of halogens is 3. The molecule has 3 aromatic rings. The zero-order chi connectivity index (χ0) is 26.9. The van der Waals surface area contributed by atoms with Crippen molar-refractivity contribution in [1.82, 2.24) is 10.2 Å². The predicted molar refractivity (Wildman–Crippen MR) is 154 cm³/mol. The van der Waals surface area contributed by atoms with Crippen molar-refractivity contribution in [1.29, 1.82) is 0 Å². The summed E-state index contributed by atoms with van der Waals surface area (Å²) >= 11 is 13.9. The SMILES string of the molecule is O=C(NC1CCCC1)C(Cc1ccccc1)N(Cc1ccccc1Cl)C(=O)CSCc1c(F)cccc1Cl. The lowest BCUT2D eigenvalue weighted by atomic mass is 10.0. The van der Waals surface area contributed by atoms with Crippen molar-refractivity contribution in [2.75, 3.05) is 5.75 Å². The van der Waals surface area contributed by atoms with Crippen molar-refractivity contribution in [2.24, 2.45) is 0 Å². The van der Waals surface area contributed by atoms with Gasteiger partial charge in [0.05, 0.1) is 5.75 Å². The average molecular weight is 574 g/mol. The van der Waals surface area contributed by atoms with Gasteiger partial charge < -0.3 is 10.2 Å². The highest BCUT2D eigenvalue weighted by Gasteiger charge is 2.32. The first kappa shape index (κ1) is 28.5. The minimum atomic E-state index is -0.723. The molecule has 0 aliphatic heterocycles. The number of nitrogens with zero attached hydrogens (tertiary/aromatic N) is 1. The quantitative estimate of drug-likeness (QED) is 0.267. The van der Waals surface area contributed by atoms with Gasteiger partial charge in [0, 0.05) is 40.4 Å². The molecule has 1 aliphatic carbocycles. The Labute approximate surface area is 237 Å². The fraction of sp³-hybridized carbons (Fsp3) is 0.333. The van der Waals surface area contributed by atoms with Crippen molar-refractivity contribution >= 4 is 46.8 Å². The van der Waals surface area contributed by atoms with Gasteiger partial charge in [-0.15, -0.1) is 11.8 Å². The lowest BCUT2D eigenvalue weighted by molar-refractivity contribution is -0.139. The van der Waals surface area contributed by atoms with Crippen LogP contribution in [0.5, 0.6) is 0 Å². The zero-order valence-electron chi connectivity index (χ0n) is 21.0. The van der Waals surface area contributed by atoms with Crippen LogP contribution < -0.4 is 5.32 Å². The van der Waals surface area contributed by atoms with Crippen molar-refractivity contribution in [3.63, 3.8) is 0 Å². The molecular formula is C30H31Cl2FN2O2S. The summed E-state index contributed by atoms with van der Waals surface area (Å²) in [5, 5.41) is 4.05. The predicted octanol–water partition coefficient (Wildman–Crippen LogP) is 7.06. The molecule has 0 aromatic heterocycles. The van der Waals surface area contributed by atoms with Gasteiger partial charge in [-0.05, 0) is 42.2 Å². The topological polar surface area (TPSA) is 49.4 Å². The summed E-state index contributed by atoms with van der Waals surface area (Å²) in [5.74, 6) is -0.470. The van der Waals surface area contributed by atoms with Crippen molar-refractivity contribution in [3.8, 4) is 0 Å². The highest BCUT2D eigenvalue weighted by molar-refractivity contribution is 7.99. The summed E-state index contributed by atoms with van der Waals surface area (Å²) in [6, 6.07) is 21.0. The standard InChI is InChI=1S/C30H31Cl2FN2O2S/c31-25-14-7-4-11-22(25)18-35(29(36)20-38-19-24-26(32)15-8-16-27(24)33)28(17-21-9-2-1-3-10-21)30(37)34-23-12-5-6-13-23/h1-4,7-11,14-16,23,28H,5-6,12-13,17-20H2,(H,34,37). The number of hydrogen-bond acceptors (Lipinski definition) is 3. The van der Waals surface area contributed by atoms with Crippen LogP contribution in [-0.4, -0.2) is 34.6 Å². The van der Waals surface area contributed by atoms with E-state index in [1.54, 1.807) is 23.1 Å². The second-order valence-electron chi connectivity index (χ2n) is 9.50. The summed E-state index contributed by atoms with van der Waals surface area (Å²) in [7, 11) is 0. The molecule has 3 aromatic carbocycles. The van der Waals surface area contributed by atoms with Crippen LogP contribution in [0.15, 0.2) is 72.8 Å². The highest BCUT2D eigenvalue weighted by Crippen LogP contribution is 2.26. The normalized spacial score (nSPS) is 14.3. The van der Waals surface area contributed by atoms with Crippen LogP contribution in [0, 0.1) is 5.82 Å². The average Bonchev–Trinajstić information content (AvgIpc) is 3.42. The molecule has 4 rings (SSSR count). The lowest BCUT2D eigenvalue weighted by Crippen LogP contribution is -2.52. The first-order chi connectivity index (χ1) is 18.4. The van der Waals surface area contributed by atoms with Gasteiger partial charge in [-0.2, -0.15) is 0 Å². The van der Waals surface area contributed by atoms with Crippen LogP contribution in [-0.2, 0) is 28.3 Å². The molecule has 38 heavy (non-hydrogen) atoms. The van der Waals surface area contributed by atoms with Crippen LogP contribution in [0.1, 0.15) is 42.4 Å². The molecule has 4 nitrogen and oxygen atoms in total. The number of thioether (sulfide) groups is 1. The van der Waals surface area contributed by atoms with Gasteiger partial charge >= 0.3 is 0 Å². The Morgan fingerprint density at radius 2 is 1.63 bits per heavy atom. The van der Waals surface area contributed by atoms with Gasteiger partial charge in [0.25, 0.3) is 0 Å². The first-order valence-electron chi connectivity index (χ1n) is 12.8. The fourth-order valence-corrected chi connectivity index (χ4v) is 6.17. The summed E-state index contributed by atoms with van der Waals surface area (Å²) in [5.41, 5.74) is 2.09. The number of rotatable bonds is 11. The molecule has 1 aliphatic rings. The maximum Gasteiger partial charge on any atom is 0.243 e. The van der Waals surface area contributed by atoms with Crippen LogP contribution in [0.2, 0.25) is 10.0 Å². The van der Waals surface area contributed by atoms with Gasteiger partial charge in [0.1, 0.15) is 11.9 Å². The Kier molecular flexibility index (Phi) is 10.5. The number of carbonyl (C=O) groups excluding carboxylic acids is 2. The molecule has 0 radical (unpaired) electrons. The molecule has 1 saturated carbocycles. The molecule has 8 heteroatoms. The summed E-state index contributed by atoms with van der Waals surface area (Å²) < 4.78 is 14.3. The molecule has 0 bridgehead atoms. The van der Waals surface area contributed by atoms with Gasteiger partial charge in [-0.3, -0.25) is 9.59 Å². The Morgan fingerprint density at radius 3 is 2.34 bits per heavy atom. The third-order valence-corrected chi connectivity index (χ3v) is 8.47. The van der Waals surface area contributed by atoms with Crippen molar-refractivity contribution < 1.29 is 14.0 Å². The molecule has 1 atom stereocenters. The van der Waals surface area contributed by atoms with Crippen LogP contribution in [0.4, 0.5) is 4.39 Å². The molecule has 200 valence electrons. The van der Waals surface area contributed by atoms with E-state index in [9.17, 15) is 14.0 Å². The van der Waals surface area contributed by atoms with Crippen LogP contribution >= 0.6 is 35.0 Å². The van der Waals surface area contributed by atoms with E-state index in [4.69, 9.17) is 23.2 Å². The van der Waals surface area contributed by atoms with E-state index in [1.165, 1.54) is 17.8 Å². The van der Waals surface area contributed by atoms with E-state index in [1.807, 2.05) is 48.5 Å². The number of hydrogen-bond donors (Lipinski definition) is 1. The molecule has 0 spiro atoms. The Bertz CT molecular complexity index is 1220. The third kappa shape index (κ3) is 7.75. The monoisotopic (exact) mass is 572 g/mol. The molecular weight excluding hydrogens is 542 g/mol. The van der Waals surface area contributed by atoms with Crippen molar-refractivity contribution in [3.05, 3.63) is 105 Å². The first-order valence-corrected chi connectivity index (χ1v) is 14.7. The van der Waals surface area contributed by atoms with Crippen LogP contribution in [0.3, 0.4) is 0 Å². The minimum absolute atomic E-state index is 0.0666. The Balaban J connectivity index is 1.59. The molecule has 0 saturated heterocycles. The molecule has 2 amide bonds. The minimum Gasteiger partial charge on any atom is -0.352 e. The molecule has 1 N–H and O–H groups in total. The van der Waals surface area contributed by atoms with Crippen molar-refractivity contribution in [2.45, 2.75) is 56.5 Å². The van der Waals surface area contributed by atoms with E-state index >= 15 is 0 Å². The summed E-state index contributed by atoms with van der Waals surface area (Å²) in [6.07, 6.45) is 4.44.